The van der Waals surface area contributed by atoms with Gasteiger partial charge in [-0.25, -0.2) is 0 Å². The summed E-state index contributed by atoms with van der Waals surface area (Å²) in [5, 5.41) is 1.21. The van der Waals surface area contributed by atoms with Gasteiger partial charge in [0.15, 0.2) is 0 Å². The average molecular weight is 614 g/mol. The summed E-state index contributed by atoms with van der Waals surface area (Å²) in [6.45, 7) is 2.14. The monoisotopic (exact) mass is 613 g/mol. The molecular formula is C33H32ClN5O5. The summed E-state index contributed by atoms with van der Waals surface area (Å²) in [5.41, 5.74) is 15.2. The Bertz CT molecular complexity index is 1790. The molecule has 3 aromatic carbocycles. The van der Waals surface area contributed by atoms with Crippen LogP contribution in [0, 0.1) is 0 Å². The molecule has 1 aromatic heterocycles. The lowest BCUT2D eigenvalue weighted by Gasteiger charge is -2.26. The number of carbonyl (C=O) groups excluding carboxylic acids is 3. The Labute approximate surface area is 259 Å². The van der Waals surface area contributed by atoms with Crippen molar-refractivity contribution in [2.24, 2.45) is 16.5 Å². The second-order valence-electron chi connectivity index (χ2n) is 10.3. The Kier molecular flexibility index (Phi) is 9.42. The summed E-state index contributed by atoms with van der Waals surface area (Å²) in [7, 11) is 1.57. The summed E-state index contributed by atoms with van der Waals surface area (Å²) >= 11 is 6.55. The highest BCUT2D eigenvalue weighted by Crippen LogP contribution is 2.29. The second kappa shape index (κ2) is 13.6. The van der Waals surface area contributed by atoms with Crippen molar-refractivity contribution in [3.05, 3.63) is 105 Å². The number of nitrogens with one attached hydrogen (secondary N) is 1. The number of hydrogen-bond acceptors (Lipinski definition) is 7. The van der Waals surface area contributed by atoms with E-state index in [4.69, 9.17) is 32.5 Å². The van der Waals surface area contributed by atoms with Crippen LogP contribution in [-0.4, -0.2) is 67.0 Å². The number of amides is 2. The molecule has 1 fully saturated rings. The molecule has 226 valence electrons. The third-order valence-corrected chi connectivity index (χ3v) is 7.65. The number of H-pyrrole nitrogens is 1. The van der Waals surface area contributed by atoms with Crippen LogP contribution in [0.4, 0.5) is 0 Å². The number of aromatic nitrogens is 1. The molecule has 0 atom stereocenters. The molecule has 5 N–H and O–H groups in total. The third kappa shape index (κ3) is 6.99. The summed E-state index contributed by atoms with van der Waals surface area (Å²) in [6, 6.07) is 18.9. The molecule has 1 saturated heterocycles. The van der Waals surface area contributed by atoms with Crippen molar-refractivity contribution < 1.29 is 23.9 Å². The zero-order valence-electron chi connectivity index (χ0n) is 24.1. The molecule has 1 aliphatic rings. The number of nitrogens with two attached hydrogens (primary N) is 2. The van der Waals surface area contributed by atoms with E-state index >= 15 is 0 Å². The molecule has 2 heterocycles. The number of aryl methyl sites for hydroxylation is 1. The molecule has 1 aliphatic heterocycles. The van der Waals surface area contributed by atoms with Gasteiger partial charge in [0.2, 0.25) is 11.7 Å². The number of aromatic amines is 1. The van der Waals surface area contributed by atoms with Gasteiger partial charge in [0.1, 0.15) is 11.5 Å². The quantitative estimate of drug-likeness (QED) is 0.131. The lowest BCUT2D eigenvalue weighted by atomic mass is 10.0. The van der Waals surface area contributed by atoms with Gasteiger partial charge in [-0.15, -0.1) is 0 Å². The van der Waals surface area contributed by atoms with Gasteiger partial charge < -0.3 is 30.8 Å². The van der Waals surface area contributed by atoms with Gasteiger partial charge in [0, 0.05) is 59.1 Å². The van der Waals surface area contributed by atoms with Crippen molar-refractivity contribution in [2.45, 2.75) is 12.8 Å². The number of allylic oxidation sites excluding steroid dienone is 2. The van der Waals surface area contributed by atoms with Crippen LogP contribution in [0.3, 0.4) is 0 Å². The highest BCUT2D eigenvalue weighted by atomic mass is 35.5. The number of ketones is 1. The second-order valence-corrected chi connectivity index (χ2v) is 10.7. The topological polar surface area (TPSA) is 153 Å². The molecule has 4 aromatic rings. The van der Waals surface area contributed by atoms with E-state index in [2.05, 4.69) is 9.98 Å². The maximum Gasteiger partial charge on any atom is 0.254 e. The Morgan fingerprint density at radius 1 is 1.00 bits per heavy atom. The number of ether oxygens (including phenoxy) is 2. The predicted molar refractivity (Wildman–Crippen MR) is 170 cm³/mol. The highest BCUT2D eigenvalue weighted by molar-refractivity contribution is 6.31. The van der Waals surface area contributed by atoms with E-state index in [-0.39, 0.29) is 17.3 Å². The minimum Gasteiger partial charge on any atom is -0.457 e. The first-order chi connectivity index (χ1) is 21.2. The van der Waals surface area contributed by atoms with E-state index in [9.17, 15) is 14.4 Å². The summed E-state index contributed by atoms with van der Waals surface area (Å²) in [6.07, 6.45) is 2.28. The molecule has 0 aliphatic carbocycles. The largest absolute Gasteiger partial charge is 0.457 e. The number of morpholine rings is 1. The summed E-state index contributed by atoms with van der Waals surface area (Å²) < 4.78 is 11.2. The Hall–Kier alpha value is -4.93. The molecule has 5 rings (SSSR count). The molecule has 10 nitrogen and oxygen atoms in total. The molecule has 0 unspecified atom stereocenters. The summed E-state index contributed by atoms with van der Waals surface area (Å²) in [5.74, 6) is 0.0268. The first-order valence-corrected chi connectivity index (χ1v) is 14.4. The van der Waals surface area contributed by atoms with Crippen LogP contribution >= 0.6 is 11.6 Å². The fraction of sp³-hybridized carbons (Fsp3) is 0.212. The normalized spacial score (nSPS) is 14.1. The van der Waals surface area contributed by atoms with Crippen molar-refractivity contribution >= 4 is 46.3 Å². The minimum absolute atomic E-state index is 0.0669. The maximum absolute atomic E-state index is 13.6. The molecule has 2 amide bonds. The van der Waals surface area contributed by atoms with Crippen molar-refractivity contribution in [3.63, 3.8) is 0 Å². The maximum atomic E-state index is 13.6. The third-order valence-electron chi connectivity index (χ3n) is 7.30. The van der Waals surface area contributed by atoms with Crippen LogP contribution in [0.15, 0.2) is 83.0 Å². The van der Waals surface area contributed by atoms with Gasteiger partial charge in [0.25, 0.3) is 5.91 Å². The fourth-order valence-corrected chi connectivity index (χ4v) is 5.21. The number of rotatable bonds is 10. The fourth-order valence-electron chi connectivity index (χ4n) is 4.95. The van der Waals surface area contributed by atoms with E-state index in [1.165, 1.54) is 6.21 Å². The van der Waals surface area contributed by atoms with Crippen LogP contribution in [0.25, 0.3) is 10.9 Å². The molecule has 0 saturated carbocycles. The van der Waals surface area contributed by atoms with Crippen molar-refractivity contribution in [1.82, 2.24) is 9.88 Å². The Morgan fingerprint density at radius 3 is 2.50 bits per heavy atom. The van der Waals surface area contributed by atoms with Gasteiger partial charge in [-0.2, -0.15) is 0 Å². The number of aliphatic imine (C=N–C) groups is 1. The van der Waals surface area contributed by atoms with E-state index in [0.717, 1.165) is 16.5 Å². The number of primary amides is 1. The van der Waals surface area contributed by atoms with Crippen molar-refractivity contribution in [2.75, 3.05) is 33.4 Å². The molecule has 11 heteroatoms. The number of fused-ring (bicyclic) bond motifs is 1. The van der Waals surface area contributed by atoms with Crippen LogP contribution in [-0.2, 0) is 11.2 Å². The lowest BCUT2D eigenvalue weighted by Crippen LogP contribution is -2.40. The molecule has 44 heavy (non-hydrogen) atoms. The van der Waals surface area contributed by atoms with Crippen LogP contribution in [0.2, 0.25) is 5.02 Å². The summed E-state index contributed by atoms with van der Waals surface area (Å²) in [4.78, 5) is 46.9. The SMILES string of the molecule is C/N=C\C(C(=O)c1cc2cc(C(=O)N3CCOCC3)ccc2[nH]1)=C(\N)CCc1ccc(Oc2cccc(C(N)=O)c2)cc1Cl. The van der Waals surface area contributed by atoms with E-state index in [1.807, 2.05) is 6.07 Å². The number of halogens is 1. The van der Waals surface area contributed by atoms with E-state index in [0.29, 0.717) is 78.2 Å². The van der Waals surface area contributed by atoms with Gasteiger partial charge in [-0.05, 0) is 73.0 Å². The zero-order valence-corrected chi connectivity index (χ0v) is 24.9. The van der Waals surface area contributed by atoms with Crippen LogP contribution < -0.4 is 16.2 Å². The first kappa shape index (κ1) is 30.5. The molecule has 0 bridgehead atoms. The minimum atomic E-state index is -0.546. The zero-order chi connectivity index (χ0) is 31.2. The van der Waals surface area contributed by atoms with E-state index < -0.39 is 5.91 Å². The van der Waals surface area contributed by atoms with Gasteiger partial charge in [-0.1, -0.05) is 23.7 Å². The smallest absolute Gasteiger partial charge is 0.254 e. The highest BCUT2D eigenvalue weighted by Gasteiger charge is 2.21. The number of carbonyl (C=O) groups is 3. The Balaban J connectivity index is 1.29. The van der Waals surface area contributed by atoms with Gasteiger partial charge in [-0.3, -0.25) is 19.4 Å². The van der Waals surface area contributed by atoms with Crippen LogP contribution in [0.5, 0.6) is 11.5 Å². The standard InChI is InChI=1S/C33H32ClN5O5/c1-37-19-26(31(40)30-17-23-15-22(7-10-29(23)38-30)33(42)39-11-13-43-14-12-39)28(35)9-6-20-5-8-25(18-27(20)34)44-24-4-2-3-21(16-24)32(36)41/h2-5,7-8,10,15-19,38H,6,9,11-14,35H2,1H3,(H2,36,41)/b28-26-,37-19-. The molecular weight excluding hydrogens is 582 g/mol. The molecule has 0 radical (unpaired) electrons. The number of benzene rings is 3. The number of Topliss-reactive ketones (excluding diaryl/α,β-unsaturated/α-hetero) is 1. The van der Waals surface area contributed by atoms with Crippen molar-refractivity contribution in [3.8, 4) is 11.5 Å². The number of hydrogen-bond donors (Lipinski definition) is 3. The predicted octanol–water partition coefficient (Wildman–Crippen LogP) is 4.91. The average Bonchev–Trinajstić information content (AvgIpc) is 3.47. The van der Waals surface area contributed by atoms with Crippen molar-refractivity contribution in [1.29, 1.82) is 0 Å². The molecule has 0 spiro atoms. The lowest BCUT2D eigenvalue weighted by molar-refractivity contribution is 0.0303. The first-order valence-electron chi connectivity index (χ1n) is 14.0. The van der Waals surface area contributed by atoms with Gasteiger partial charge >= 0.3 is 0 Å². The Morgan fingerprint density at radius 2 is 1.77 bits per heavy atom. The van der Waals surface area contributed by atoms with Crippen LogP contribution in [0.1, 0.15) is 43.2 Å². The van der Waals surface area contributed by atoms with E-state index in [1.54, 1.807) is 72.6 Å². The van der Waals surface area contributed by atoms with Gasteiger partial charge in [0.05, 0.1) is 24.5 Å². The number of nitrogens with zero attached hydrogens (tertiary/aromatic N) is 2.